The molecule has 0 bridgehead atoms. The molecule has 150 valence electrons. The maximum atomic E-state index is 13.3. The molecule has 1 saturated heterocycles. The molecule has 4 rings (SSSR count). The minimum Gasteiger partial charge on any atom is -0.451 e. The number of rotatable bonds is 4. The summed E-state index contributed by atoms with van der Waals surface area (Å²) in [6.45, 7) is 2.12. The van der Waals surface area contributed by atoms with Crippen molar-refractivity contribution in [2.24, 2.45) is 0 Å². The molecule has 3 aromatic rings. The fourth-order valence-electron chi connectivity index (χ4n) is 3.68. The molecule has 0 spiro atoms. The second-order valence-electron chi connectivity index (χ2n) is 7.45. The highest BCUT2D eigenvalue weighted by Gasteiger charge is 2.36. The van der Waals surface area contributed by atoms with Crippen molar-refractivity contribution in [2.45, 2.75) is 25.9 Å². The zero-order valence-electron chi connectivity index (χ0n) is 16.0. The van der Waals surface area contributed by atoms with Gasteiger partial charge in [0.2, 0.25) is 0 Å². The first-order valence-corrected chi connectivity index (χ1v) is 11.2. The van der Waals surface area contributed by atoms with Gasteiger partial charge in [-0.15, -0.1) is 0 Å². The van der Waals surface area contributed by atoms with Gasteiger partial charge in [-0.2, -0.15) is 0 Å². The van der Waals surface area contributed by atoms with Crippen LogP contribution in [0.3, 0.4) is 0 Å². The Balaban J connectivity index is 1.74. The number of sulfone groups is 1. The molecule has 1 fully saturated rings. The summed E-state index contributed by atoms with van der Waals surface area (Å²) in [4.78, 5) is 27.3. The number of hydrogen-bond donors (Lipinski definition) is 0. The molecule has 0 saturated carbocycles. The van der Waals surface area contributed by atoms with Gasteiger partial charge in [0.05, 0.1) is 16.9 Å². The first-order valence-electron chi connectivity index (χ1n) is 9.42. The van der Waals surface area contributed by atoms with E-state index in [1.54, 1.807) is 12.1 Å². The van der Waals surface area contributed by atoms with E-state index in [9.17, 15) is 18.0 Å². The average Bonchev–Trinajstić information content (AvgIpc) is 3.05. The van der Waals surface area contributed by atoms with Crippen LogP contribution in [0.25, 0.3) is 11.0 Å². The van der Waals surface area contributed by atoms with Crippen LogP contribution in [0.2, 0.25) is 0 Å². The molecule has 0 aliphatic carbocycles. The first-order chi connectivity index (χ1) is 13.8. The molecule has 7 heteroatoms. The van der Waals surface area contributed by atoms with Crippen molar-refractivity contribution in [3.8, 4) is 0 Å². The highest BCUT2D eigenvalue weighted by Crippen LogP contribution is 2.23. The summed E-state index contributed by atoms with van der Waals surface area (Å²) in [5.74, 6) is -0.579. The summed E-state index contributed by atoms with van der Waals surface area (Å²) in [5, 5.41) is 0.408. The summed E-state index contributed by atoms with van der Waals surface area (Å²) < 4.78 is 29.8. The first kappa shape index (κ1) is 19.4. The van der Waals surface area contributed by atoms with E-state index < -0.39 is 21.8 Å². The van der Waals surface area contributed by atoms with Crippen LogP contribution in [0.5, 0.6) is 0 Å². The van der Waals surface area contributed by atoms with E-state index in [2.05, 4.69) is 0 Å². The predicted molar refractivity (Wildman–Crippen MR) is 111 cm³/mol. The van der Waals surface area contributed by atoms with Crippen LogP contribution >= 0.6 is 0 Å². The molecular weight excluding hydrogens is 390 g/mol. The number of carbonyl (C=O) groups excluding carboxylic acids is 1. The SMILES string of the molecule is Cc1ccc2c(=O)cc(C(=O)N(Cc3ccccc3)C3CCS(=O)(=O)C3)oc2c1. The van der Waals surface area contributed by atoms with Crippen molar-refractivity contribution >= 4 is 26.7 Å². The van der Waals surface area contributed by atoms with Gasteiger partial charge in [-0.25, -0.2) is 8.42 Å². The molecule has 1 unspecified atom stereocenters. The lowest BCUT2D eigenvalue weighted by atomic mass is 10.1. The van der Waals surface area contributed by atoms with Crippen LogP contribution in [0.4, 0.5) is 0 Å². The zero-order valence-corrected chi connectivity index (χ0v) is 16.8. The molecule has 1 aliphatic rings. The second kappa shape index (κ2) is 7.48. The Hall–Kier alpha value is -2.93. The average molecular weight is 411 g/mol. The van der Waals surface area contributed by atoms with Crippen molar-refractivity contribution in [2.75, 3.05) is 11.5 Å². The molecule has 1 amide bonds. The Kier molecular flexibility index (Phi) is 5.00. The molecule has 2 heterocycles. The minimum absolute atomic E-state index is 0.0527. The lowest BCUT2D eigenvalue weighted by Gasteiger charge is -2.28. The van der Waals surface area contributed by atoms with Gasteiger partial charge in [0.1, 0.15) is 5.58 Å². The summed E-state index contributed by atoms with van der Waals surface area (Å²) in [6.07, 6.45) is 0.373. The molecule has 0 N–H and O–H groups in total. The van der Waals surface area contributed by atoms with Crippen molar-refractivity contribution in [1.29, 1.82) is 0 Å². The molecule has 6 nitrogen and oxygen atoms in total. The fourth-order valence-corrected chi connectivity index (χ4v) is 5.41. The fraction of sp³-hybridized carbons (Fsp3) is 0.273. The van der Waals surface area contributed by atoms with E-state index in [1.165, 1.54) is 11.0 Å². The summed E-state index contributed by atoms with van der Waals surface area (Å²) >= 11 is 0. The van der Waals surface area contributed by atoms with Crippen LogP contribution in [0.15, 0.2) is 63.8 Å². The van der Waals surface area contributed by atoms with Crippen molar-refractivity contribution < 1.29 is 17.6 Å². The van der Waals surface area contributed by atoms with Crippen molar-refractivity contribution in [3.05, 3.63) is 81.7 Å². The maximum Gasteiger partial charge on any atom is 0.290 e. The predicted octanol–water partition coefficient (Wildman–Crippen LogP) is 2.93. The molecule has 0 radical (unpaired) electrons. The highest BCUT2D eigenvalue weighted by atomic mass is 32.2. The van der Waals surface area contributed by atoms with Crippen LogP contribution in [0, 0.1) is 6.92 Å². The Morgan fingerprint density at radius 1 is 1.14 bits per heavy atom. The minimum atomic E-state index is -3.18. The van der Waals surface area contributed by atoms with Gasteiger partial charge in [-0.05, 0) is 36.6 Å². The number of aryl methyl sites for hydroxylation is 1. The van der Waals surface area contributed by atoms with E-state index in [0.29, 0.717) is 17.4 Å². The smallest absolute Gasteiger partial charge is 0.290 e. The second-order valence-corrected chi connectivity index (χ2v) is 9.68. The van der Waals surface area contributed by atoms with E-state index in [0.717, 1.165) is 11.1 Å². The van der Waals surface area contributed by atoms with E-state index in [-0.39, 0.29) is 29.2 Å². The van der Waals surface area contributed by atoms with Crippen molar-refractivity contribution in [3.63, 3.8) is 0 Å². The molecular formula is C22H21NO5S. The van der Waals surface area contributed by atoms with Gasteiger partial charge in [-0.1, -0.05) is 36.4 Å². The van der Waals surface area contributed by atoms with Gasteiger partial charge < -0.3 is 9.32 Å². The molecule has 1 aliphatic heterocycles. The van der Waals surface area contributed by atoms with E-state index in [1.807, 2.05) is 43.3 Å². The third-order valence-electron chi connectivity index (χ3n) is 5.20. The van der Waals surface area contributed by atoms with Gasteiger partial charge in [-0.3, -0.25) is 9.59 Å². The third-order valence-corrected chi connectivity index (χ3v) is 6.95. The van der Waals surface area contributed by atoms with Gasteiger partial charge in [0, 0.05) is 18.7 Å². The Labute approximate surface area is 168 Å². The van der Waals surface area contributed by atoms with Crippen LogP contribution in [-0.4, -0.2) is 36.8 Å². The molecule has 2 aromatic carbocycles. The van der Waals surface area contributed by atoms with E-state index >= 15 is 0 Å². The molecule has 1 aromatic heterocycles. The highest BCUT2D eigenvalue weighted by molar-refractivity contribution is 7.91. The van der Waals surface area contributed by atoms with Gasteiger partial charge in [0.15, 0.2) is 21.0 Å². The lowest BCUT2D eigenvalue weighted by Crippen LogP contribution is -2.40. The maximum absolute atomic E-state index is 13.3. The summed E-state index contributed by atoms with van der Waals surface area (Å²) in [7, 11) is -3.18. The number of amides is 1. The molecule has 29 heavy (non-hydrogen) atoms. The third kappa shape index (κ3) is 4.10. The van der Waals surface area contributed by atoms with Crippen LogP contribution in [0.1, 0.15) is 28.1 Å². The van der Waals surface area contributed by atoms with Crippen LogP contribution < -0.4 is 5.43 Å². The Morgan fingerprint density at radius 3 is 2.59 bits per heavy atom. The number of hydrogen-bond acceptors (Lipinski definition) is 5. The largest absolute Gasteiger partial charge is 0.451 e. The van der Waals surface area contributed by atoms with Crippen molar-refractivity contribution in [1.82, 2.24) is 4.90 Å². The number of benzene rings is 2. The van der Waals surface area contributed by atoms with Gasteiger partial charge >= 0.3 is 0 Å². The quantitative estimate of drug-likeness (QED) is 0.659. The topological polar surface area (TPSA) is 84.7 Å². The Morgan fingerprint density at radius 2 is 1.90 bits per heavy atom. The normalized spacial score (nSPS) is 18.0. The summed E-state index contributed by atoms with van der Waals surface area (Å²) in [5.41, 5.74) is 1.84. The summed E-state index contributed by atoms with van der Waals surface area (Å²) in [6, 6.07) is 15.3. The zero-order chi connectivity index (χ0) is 20.6. The standard InChI is InChI=1S/C22H21NO5S/c1-15-7-8-18-19(24)12-21(28-20(18)11-15)22(25)23(13-16-5-3-2-4-6-16)17-9-10-29(26,27)14-17/h2-8,11-12,17H,9-10,13-14H2,1H3. The lowest BCUT2D eigenvalue weighted by molar-refractivity contribution is 0.0648. The Bertz CT molecular complexity index is 1230. The molecule has 1 atom stereocenters. The van der Waals surface area contributed by atoms with Gasteiger partial charge in [0.25, 0.3) is 5.91 Å². The number of nitrogens with zero attached hydrogens (tertiary/aromatic N) is 1. The van der Waals surface area contributed by atoms with Crippen LogP contribution in [-0.2, 0) is 16.4 Å². The monoisotopic (exact) mass is 411 g/mol. The van der Waals surface area contributed by atoms with E-state index in [4.69, 9.17) is 4.42 Å². The number of fused-ring (bicyclic) bond motifs is 1. The number of carbonyl (C=O) groups is 1.